The Bertz CT molecular complexity index is 749. The van der Waals surface area contributed by atoms with Gasteiger partial charge in [0, 0.05) is 32.9 Å². The molecule has 3 rings (SSSR count). The molecule has 2 aromatic rings. The molecule has 0 bridgehead atoms. The van der Waals surface area contributed by atoms with Gasteiger partial charge in [-0.05, 0) is 29.8 Å². The normalized spacial score (nSPS) is 17.0. The van der Waals surface area contributed by atoms with Crippen molar-refractivity contribution in [2.45, 2.75) is 31.5 Å². The number of carbonyl (C=O) groups excluding carboxylic acids is 1. The van der Waals surface area contributed by atoms with E-state index in [1.165, 1.54) is 19.1 Å². The van der Waals surface area contributed by atoms with Crippen LogP contribution in [0.1, 0.15) is 30.9 Å². The first kappa shape index (κ1) is 18.3. The van der Waals surface area contributed by atoms with Gasteiger partial charge in [-0.25, -0.2) is 0 Å². The summed E-state index contributed by atoms with van der Waals surface area (Å²) in [5.41, 5.74) is -0.402. The smallest absolute Gasteiger partial charge is 0.416 e. The van der Waals surface area contributed by atoms with Crippen molar-refractivity contribution in [3.63, 3.8) is 0 Å². The van der Waals surface area contributed by atoms with Crippen LogP contribution in [0.25, 0.3) is 0 Å². The monoisotopic (exact) mass is 363 g/mol. The zero-order valence-electron chi connectivity index (χ0n) is 14.4. The second-order valence-corrected chi connectivity index (χ2v) is 6.49. The highest BCUT2D eigenvalue weighted by Gasteiger charge is 2.39. The van der Waals surface area contributed by atoms with E-state index >= 15 is 0 Å². The Balaban J connectivity index is 1.87. The Morgan fingerprint density at radius 2 is 1.58 bits per heavy atom. The van der Waals surface area contributed by atoms with Gasteiger partial charge in [-0.2, -0.15) is 13.2 Å². The number of piperidine rings is 1. The summed E-state index contributed by atoms with van der Waals surface area (Å²) >= 11 is 0. The highest BCUT2D eigenvalue weighted by Crippen LogP contribution is 2.39. The van der Waals surface area contributed by atoms with E-state index < -0.39 is 17.3 Å². The maximum Gasteiger partial charge on any atom is 0.416 e. The summed E-state index contributed by atoms with van der Waals surface area (Å²) in [6.45, 7) is 2.63. The van der Waals surface area contributed by atoms with Crippen molar-refractivity contribution in [3.05, 3.63) is 65.7 Å². The second kappa shape index (κ2) is 7.02. The number of benzene rings is 2. The Hall–Kier alpha value is -2.50. The molecular weight excluding hydrogens is 343 g/mol. The van der Waals surface area contributed by atoms with E-state index in [4.69, 9.17) is 4.74 Å². The zero-order valence-corrected chi connectivity index (χ0v) is 14.4. The van der Waals surface area contributed by atoms with E-state index in [0.29, 0.717) is 31.7 Å². The number of hydrogen-bond donors (Lipinski definition) is 0. The van der Waals surface area contributed by atoms with E-state index in [2.05, 4.69) is 0 Å². The summed E-state index contributed by atoms with van der Waals surface area (Å²) in [5.74, 6) is 0.402. The lowest BCUT2D eigenvalue weighted by atomic mass is 9.84. The summed E-state index contributed by atoms with van der Waals surface area (Å²) in [6.07, 6.45) is -3.21. The minimum absolute atomic E-state index is 0.0150. The van der Waals surface area contributed by atoms with Crippen LogP contribution in [0.2, 0.25) is 0 Å². The van der Waals surface area contributed by atoms with E-state index in [9.17, 15) is 18.0 Å². The number of nitrogens with zero attached hydrogens (tertiary/aromatic N) is 1. The van der Waals surface area contributed by atoms with Crippen molar-refractivity contribution in [3.8, 4) is 5.75 Å². The van der Waals surface area contributed by atoms with Crippen LogP contribution in [0.5, 0.6) is 5.75 Å². The number of rotatable bonds is 3. The molecule has 3 nitrogen and oxygen atoms in total. The largest absolute Gasteiger partial charge is 0.482 e. The summed E-state index contributed by atoms with van der Waals surface area (Å²) in [4.78, 5) is 13.4. The lowest BCUT2D eigenvalue weighted by Gasteiger charge is -2.42. The number of ether oxygens (including phenoxy) is 1. The van der Waals surface area contributed by atoms with Gasteiger partial charge in [-0.1, -0.05) is 30.3 Å². The van der Waals surface area contributed by atoms with Crippen LogP contribution < -0.4 is 4.74 Å². The van der Waals surface area contributed by atoms with E-state index in [1.807, 2.05) is 30.3 Å². The molecule has 0 aromatic heterocycles. The van der Waals surface area contributed by atoms with Crippen molar-refractivity contribution in [1.82, 2.24) is 4.90 Å². The van der Waals surface area contributed by atoms with Gasteiger partial charge in [-0.3, -0.25) is 4.79 Å². The molecule has 6 heteroatoms. The Kier molecular flexibility index (Phi) is 4.94. The third kappa shape index (κ3) is 3.84. The molecule has 138 valence electrons. The Morgan fingerprint density at radius 1 is 1.00 bits per heavy atom. The van der Waals surface area contributed by atoms with Crippen molar-refractivity contribution in [2.75, 3.05) is 13.1 Å². The fraction of sp³-hybridized carbons (Fsp3) is 0.350. The molecule has 2 aromatic carbocycles. The number of hydrogen-bond acceptors (Lipinski definition) is 2. The topological polar surface area (TPSA) is 29.5 Å². The minimum Gasteiger partial charge on any atom is -0.482 e. The molecular formula is C20H20F3NO2. The van der Waals surface area contributed by atoms with E-state index in [-0.39, 0.29) is 5.91 Å². The molecule has 0 aliphatic carbocycles. The number of carbonyl (C=O) groups is 1. The quantitative estimate of drug-likeness (QED) is 0.796. The van der Waals surface area contributed by atoms with Gasteiger partial charge >= 0.3 is 6.18 Å². The predicted molar refractivity (Wildman–Crippen MR) is 91.7 cm³/mol. The molecule has 0 spiro atoms. The first-order valence-electron chi connectivity index (χ1n) is 8.47. The highest BCUT2D eigenvalue weighted by atomic mass is 19.4. The third-order valence-corrected chi connectivity index (χ3v) is 4.81. The van der Waals surface area contributed by atoms with Crippen molar-refractivity contribution < 1.29 is 22.7 Å². The summed E-state index contributed by atoms with van der Waals surface area (Å²) < 4.78 is 44.5. The molecule has 1 heterocycles. The maximum atomic E-state index is 12.8. The molecule has 26 heavy (non-hydrogen) atoms. The molecule has 1 amide bonds. The fourth-order valence-electron chi connectivity index (χ4n) is 3.31. The average Bonchev–Trinajstić information content (AvgIpc) is 2.62. The Labute approximate surface area is 150 Å². The van der Waals surface area contributed by atoms with Crippen LogP contribution in [-0.4, -0.2) is 23.9 Å². The SMILES string of the molecule is CC(=O)N1CCC(Oc2ccc(C(F)(F)F)cc2)(c2ccccc2)CC1. The number of alkyl halides is 3. The lowest BCUT2D eigenvalue weighted by molar-refractivity contribution is -0.137. The van der Waals surface area contributed by atoms with Gasteiger partial charge < -0.3 is 9.64 Å². The average molecular weight is 363 g/mol. The molecule has 0 unspecified atom stereocenters. The maximum absolute atomic E-state index is 12.8. The second-order valence-electron chi connectivity index (χ2n) is 6.49. The van der Waals surface area contributed by atoms with Gasteiger partial charge in [0.05, 0.1) is 5.56 Å². The lowest BCUT2D eigenvalue weighted by Crippen LogP contribution is -2.47. The van der Waals surface area contributed by atoms with Crippen LogP contribution in [0.3, 0.4) is 0 Å². The molecule has 1 aliphatic heterocycles. The van der Waals surface area contributed by atoms with Crippen LogP contribution >= 0.6 is 0 Å². The van der Waals surface area contributed by atoms with Gasteiger partial charge in [-0.15, -0.1) is 0 Å². The van der Waals surface area contributed by atoms with Crippen LogP contribution in [0.15, 0.2) is 54.6 Å². The minimum atomic E-state index is -4.37. The molecule has 0 radical (unpaired) electrons. The van der Waals surface area contributed by atoms with Gasteiger partial charge in [0.25, 0.3) is 0 Å². The van der Waals surface area contributed by atoms with E-state index in [1.54, 1.807) is 4.90 Å². The third-order valence-electron chi connectivity index (χ3n) is 4.81. The first-order chi connectivity index (χ1) is 12.3. The van der Waals surface area contributed by atoms with Gasteiger partial charge in [0.1, 0.15) is 11.4 Å². The van der Waals surface area contributed by atoms with E-state index in [0.717, 1.165) is 17.7 Å². The van der Waals surface area contributed by atoms with Gasteiger partial charge in [0.15, 0.2) is 0 Å². The molecule has 1 saturated heterocycles. The van der Waals surface area contributed by atoms with Gasteiger partial charge in [0.2, 0.25) is 5.91 Å². The Morgan fingerprint density at radius 3 is 2.08 bits per heavy atom. The van der Waals surface area contributed by atoms with Crippen LogP contribution in [-0.2, 0) is 16.6 Å². The molecule has 0 atom stereocenters. The van der Waals surface area contributed by atoms with Crippen molar-refractivity contribution in [2.24, 2.45) is 0 Å². The predicted octanol–water partition coefficient (Wildman–Crippen LogP) is 4.62. The standard InChI is InChI=1S/C20H20F3NO2/c1-15(25)24-13-11-19(12-14-24,16-5-3-2-4-6-16)26-18-9-7-17(8-10-18)20(21,22)23/h2-10H,11-14H2,1H3. The molecule has 1 aliphatic rings. The fourth-order valence-corrected chi connectivity index (χ4v) is 3.31. The van der Waals surface area contributed by atoms with Crippen LogP contribution in [0.4, 0.5) is 13.2 Å². The number of amides is 1. The molecule has 0 saturated carbocycles. The molecule has 1 fully saturated rings. The zero-order chi connectivity index (χ0) is 18.8. The first-order valence-corrected chi connectivity index (χ1v) is 8.47. The number of likely N-dealkylation sites (tertiary alicyclic amines) is 1. The highest BCUT2D eigenvalue weighted by molar-refractivity contribution is 5.73. The van der Waals surface area contributed by atoms with Crippen molar-refractivity contribution >= 4 is 5.91 Å². The molecule has 0 N–H and O–H groups in total. The summed E-state index contributed by atoms with van der Waals surface area (Å²) in [7, 11) is 0. The van der Waals surface area contributed by atoms with Crippen LogP contribution in [0, 0.1) is 0 Å². The van der Waals surface area contributed by atoms with Crippen molar-refractivity contribution in [1.29, 1.82) is 0 Å². The summed E-state index contributed by atoms with van der Waals surface area (Å²) in [5, 5.41) is 0. The number of halogens is 3. The summed E-state index contributed by atoms with van der Waals surface area (Å²) in [6, 6.07) is 14.4.